The minimum absolute atomic E-state index is 0.00350. The number of hydrogen-bond donors (Lipinski definition) is 1. The molecule has 0 saturated carbocycles. The molecule has 1 heterocycles. The fourth-order valence-electron chi connectivity index (χ4n) is 3.70. The number of hydrogen-bond acceptors (Lipinski definition) is 4. The number of carbonyl (C=O) groups excluding carboxylic acids is 2. The van der Waals surface area contributed by atoms with Crippen molar-refractivity contribution in [2.24, 2.45) is 0 Å². The Bertz CT molecular complexity index is 1060. The van der Waals surface area contributed by atoms with Crippen LogP contribution >= 0.6 is 0 Å². The Balaban J connectivity index is 1.70. The second-order valence-corrected chi connectivity index (χ2v) is 8.50. The Hall–Kier alpha value is -3.74. The minimum atomic E-state index is -0.297. The molecule has 7 nitrogen and oxygen atoms in total. The van der Waals surface area contributed by atoms with Gasteiger partial charge in [0.1, 0.15) is 23.8 Å². The van der Waals surface area contributed by atoms with Crippen molar-refractivity contribution in [1.82, 2.24) is 9.80 Å². The van der Waals surface area contributed by atoms with Gasteiger partial charge < -0.3 is 24.3 Å². The normalized spacial score (nSPS) is 10.6. The number of methoxy groups -OCH3 is 1. The molecule has 0 radical (unpaired) electrons. The molecule has 2 aromatic carbocycles. The highest BCUT2D eigenvalue weighted by molar-refractivity contribution is 5.92. The molecule has 7 heteroatoms. The quantitative estimate of drug-likeness (QED) is 0.374. The summed E-state index contributed by atoms with van der Waals surface area (Å²) in [6.45, 7) is 5.33. The number of ether oxygens (including phenoxy) is 1. The Morgan fingerprint density at radius 2 is 1.69 bits per heavy atom. The molecule has 0 unspecified atom stereocenters. The van der Waals surface area contributed by atoms with Gasteiger partial charge in [-0.15, -0.1) is 0 Å². The lowest BCUT2D eigenvalue weighted by Gasteiger charge is -2.27. The number of rotatable bonds is 12. The van der Waals surface area contributed by atoms with E-state index in [1.807, 2.05) is 37.3 Å². The van der Waals surface area contributed by atoms with Gasteiger partial charge in [0.25, 0.3) is 0 Å². The van der Waals surface area contributed by atoms with Gasteiger partial charge in [0.15, 0.2) is 0 Å². The Morgan fingerprint density at radius 1 is 0.943 bits per heavy atom. The summed E-state index contributed by atoms with van der Waals surface area (Å²) in [4.78, 5) is 29.9. The van der Waals surface area contributed by atoms with Gasteiger partial charge in [0.05, 0.1) is 13.7 Å². The maximum absolute atomic E-state index is 13.4. The molecule has 0 aliphatic carbocycles. The number of urea groups is 1. The molecule has 35 heavy (non-hydrogen) atoms. The second-order valence-electron chi connectivity index (χ2n) is 8.50. The van der Waals surface area contributed by atoms with Crippen molar-refractivity contribution in [3.05, 3.63) is 83.8 Å². The first kappa shape index (κ1) is 25.9. The highest BCUT2D eigenvalue weighted by Crippen LogP contribution is 2.16. The van der Waals surface area contributed by atoms with Crippen LogP contribution in [-0.4, -0.2) is 48.5 Å². The Kier molecular flexibility index (Phi) is 9.78. The molecular weight excluding hydrogens is 442 g/mol. The number of furan rings is 1. The molecule has 0 fully saturated rings. The van der Waals surface area contributed by atoms with E-state index >= 15 is 0 Å². The van der Waals surface area contributed by atoms with Gasteiger partial charge in [-0.05, 0) is 61.7 Å². The summed E-state index contributed by atoms with van der Waals surface area (Å²) in [5, 5.41) is 2.90. The maximum Gasteiger partial charge on any atom is 0.322 e. The molecule has 0 bridgehead atoms. The number of aryl methyl sites for hydroxylation is 1. The van der Waals surface area contributed by atoms with Crippen molar-refractivity contribution in [2.45, 2.75) is 39.7 Å². The monoisotopic (exact) mass is 477 g/mol. The van der Waals surface area contributed by atoms with Gasteiger partial charge in [0.2, 0.25) is 5.91 Å². The zero-order chi connectivity index (χ0) is 25.0. The fourth-order valence-corrected chi connectivity index (χ4v) is 3.70. The number of nitrogens with one attached hydrogen (secondary N) is 1. The number of amides is 3. The largest absolute Gasteiger partial charge is 0.497 e. The van der Waals surface area contributed by atoms with Gasteiger partial charge >= 0.3 is 6.03 Å². The van der Waals surface area contributed by atoms with E-state index in [9.17, 15) is 9.59 Å². The third-order valence-electron chi connectivity index (χ3n) is 5.74. The third-order valence-corrected chi connectivity index (χ3v) is 5.74. The van der Waals surface area contributed by atoms with E-state index in [-0.39, 0.29) is 18.5 Å². The van der Waals surface area contributed by atoms with Crippen LogP contribution in [0.1, 0.15) is 36.8 Å². The number of nitrogens with zero attached hydrogens (tertiary/aromatic N) is 2. The van der Waals surface area contributed by atoms with E-state index < -0.39 is 0 Å². The maximum atomic E-state index is 13.4. The topological polar surface area (TPSA) is 75.0 Å². The Labute approximate surface area is 207 Å². The molecule has 0 aliphatic heterocycles. The molecule has 1 aromatic heterocycles. The number of anilines is 1. The van der Waals surface area contributed by atoms with Crippen molar-refractivity contribution in [2.75, 3.05) is 32.1 Å². The van der Waals surface area contributed by atoms with Crippen molar-refractivity contribution in [1.29, 1.82) is 0 Å². The van der Waals surface area contributed by atoms with Gasteiger partial charge in [0, 0.05) is 18.8 Å². The van der Waals surface area contributed by atoms with E-state index in [0.717, 1.165) is 36.3 Å². The zero-order valence-electron chi connectivity index (χ0n) is 20.8. The van der Waals surface area contributed by atoms with E-state index in [1.54, 1.807) is 41.2 Å². The third kappa shape index (κ3) is 8.21. The van der Waals surface area contributed by atoms with Crippen LogP contribution in [0.25, 0.3) is 0 Å². The Morgan fingerprint density at radius 3 is 2.31 bits per heavy atom. The van der Waals surface area contributed by atoms with Crippen molar-refractivity contribution >= 4 is 17.6 Å². The predicted molar refractivity (Wildman–Crippen MR) is 138 cm³/mol. The number of unbranched alkanes of at least 4 members (excludes halogenated alkanes) is 1. The van der Waals surface area contributed by atoms with E-state index in [2.05, 4.69) is 24.4 Å². The van der Waals surface area contributed by atoms with E-state index in [0.29, 0.717) is 31.1 Å². The lowest BCUT2D eigenvalue weighted by Crippen LogP contribution is -2.45. The fraction of sp³-hybridized carbons (Fsp3) is 0.357. The highest BCUT2D eigenvalue weighted by Gasteiger charge is 2.22. The summed E-state index contributed by atoms with van der Waals surface area (Å²) in [5.74, 6) is 2.13. The van der Waals surface area contributed by atoms with Crippen LogP contribution < -0.4 is 10.1 Å². The summed E-state index contributed by atoms with van der Waals surface area (Å²) >= 11 is 0. The molecule has 186 valence electrons. The first-order chi connectivity index (χ1) is 17.0. The van der Waals surface area contributed by atoms with Crippen LogP contribution in [0.3, 0.4) is 0 Å². The van der Waals surface area contributed by atoms with Crippen LogP contribution in [0.2, 0.25) is 0 Å². The lowest BCUT2D eigenvalue weighted by molar-refractivity contribution is -0.132. The molecular formula is C28H35N3O4. The SMILES string of the molecule is CCCCN(CC(=O)N(CCc1ccccc1)Cc1ccc(C)o1)C(=O)Nc1ccc(OC)cc1. The van der Waals surface area contributed by atoms with Crippen LogP contribution in [0.15, 0.2) is 71.1 Å². The lowest BCUT2D eigenvalue weighted by atomic mass is 10.1. The molecule has 0 spiro atoms. The molecule has 0 atom stereocenters. The van der Waals surface area contributed by atoms with Crippen LogP contribution in [0, 0.1) is 6.92 Å². The van der Waals surface area contributed by atoms with Crippen molar-refractivity contribution < 1.29 is 18.7 Å². The summed E-state index contributed by atoms with van der Waals surface area (Å²) in [7, 11) is 1.60. The van der Waals surface area contributed by atoms with Gasteiger partial charge in [-0.1, -0.05) is 43.7 Å². The molecule has 3 aromatic rings. The number of carbonyl (C=O) groups is 2. The first-order valence-corrected chi connectivity index (χ1v) is 12.1. The minimum Gasteiger partial charge on any atom is -0.497 e. The second kappa shape index (κ2) is 13.2. The zero-order valence-corrected chi connectivity index (χ0v) is 20.8. The van der Waals surface area contributed by atoms with Crippen molar-refractivity contribution in [3.63, 3.8) is 0 Å². The van der Waals surface area contributed by atoms with Crippen LogP contribution in [0.5, 0.6) is 5.75 Å². The van der Waals surface area contributed by atoms with Gasteiger partial charge in [-0.3, -0.25) is 4.79 Å². The summed E-state index contributed by atoms with van der Waals surface area (Å²) in [6.07, 6.45) is 2.45. The molecule has 1 N–H and O–H groups in total. The van der Waals surface area contributed by atoms with Crippen LogP contribution in [-0.2, 0) is 17.8 Å². The average Bonchev–Trinajstić information content (AvgIpc) is 3.29. The predicted octanol–water partition coefficient (Wildman–Crippen LogP) is 5.50. The molecule has 0 saturated heterocycles. The number of benzene rings is 2. The summed E-state index contributed by atoms with van der Waals surface area (Å²) in [6, 6.07) is 20.7. The summed E-state index contributed by atoms with van der Waals surface area (Å²) in [5.41, 5.74) is 1.80. The highest BCUT2D eigenvalue weighted by atomic mass is 16.5. The van der Waals surface area contributed by atoms with Gasteiger partial charge in [-0.25, -0.2) is 4.79 Å². The van der Waals surface area contributed by atoms with E-state index in [4.69, 9.17) is 9.15 Å². The van der Waals surface area contributed by atoms with Gasteiger partial charge in [-0.2, -0.15) is 0 Å². The summed E-state index contributed by atoms with van der Waals surface area (Å²) < 4.78 is 10.9. The van der Waals surface area contributed by atoms with Crippen LogP contribution in [0.4, 0.5) is 10.5 Å². The van der Waals surface area contributed by atoms with Crippen molar-refractivity contribution in [3.8, 4) is 5.75 Å². The smallest absolute Gasteiger partial charge is 0.322 e. The molecule has 3 amide bonds. The molecule has 0 aliphatic rings. The van der Waals surface area contributed by atoms with E-state index in [1.165, 1.54) is 0 Å². The molecule has 3 rings (SSSR count). The standard InChI is InChI=1S/C28H35N3O4/c1-4-5-18-31(28(33)29-24-12-15-25(34-3)16-13-24)21-27(32)30(20-26-14-11-22(2)35-26)19-17-23-9-7-6-8-10-23/h6-16H,4-5,17-21H2,1-3H3,(H,29,33). The first-order valence-electron chi connectivity index (χ1n) is 12.1. The average molecular weight is 478 g/mol.